The summed E-state index contributed by atoms with van der Waals surface area (Å²) in [5.41, 5.74) is 0.753. The molecule has 0 bridgehead atoms. The maximum Gasteiger partial charge on any atom is 0.264 e. The van der Waals surface area contributed by atoms with E-state index in [-0.39, 0.29) is 22.4 Å². The van der Waals surface area contributed by atoms with Gasteiger partial charge in [0.15, 0.2) is 0 Å². The summed E-state index contributed by atoms with van der Waals surface area (Å²) >= 11 is 0. The second-order valence-corrected chi connectivity index (χ2v) is 8.83. The minimum Gasteiger partial charge on any atom is -0.497 e. The first-order chi connectivity index (χ1) is 14.3. The Morgan fingerprint density at radius 2 is 1.87 bits per heavy atom. The summed E-state index contributed by atoms with van der Waals surface area (Å²) in [5.74, 6) is 1.05. The van der Waals surface area contributed by atoms with Crippen LogP contribution in [0.15, 0.2) is 76.2 Å². The maximum atomic E-state index is 13.0. The first-order valence-electron chi connectivity index (χ1n) is 9.37. The molecule has 3 aromatic rings. The molecule has 1 aromatic heterocycles. The highest BCUT2D eigenvalue weighted by Gasteiger charge is 2.23. The molecule has 0 aliphatic carbocycles. The molecule has 1 atom stereocenters. The Labute approximate surface area is 176 Å². The van der Waals surface area contributed by atoms with E-state index in [1.165, 1.54) is 23.5 Å². The number of amides is 1. The van der Waals surface area contributed by atoms with Crippen LogP contribution in [0.5, 0.6) is 5.75 Å². The van der Waals surface area contributed by atoms with Crippen LogP contribution in [-0.2, 0) is 16.4 Å². The van der Waals surface area contributed by atoms with E-state index < -0.39 is 10.0 Å². The van der Waals surface area contributed by atoms with Crippen molar-refractivity contribution in [3.8, 4) is 5.75 Å². The third-order valence-corrected chi connectivity index (χ3v) is 6.44. The summed E-state index contributed by atoms with van der Waals surface area (Å²) < 4.78 is 37.7. The number of carbonyl (C=O) groups excluding carboxylic acids is 1. The van der Waals surface area contributed by atoms with Gasteiger partial charge in [0, 0.05) is 25.1 Å². The summed E-state index contributed by atoms with van der Waals surface area (Å²) in [7, 11) is -0.829. The third kappa shape index (κ3) is 4.83. The smallest absolute Gasteiger partial charge is 0.264 e. The van der Waals surface area contributed by atoms with Gasteiger partial charge in [-0.3, -0.25) is 9.10 Å². The van der Waals surface area contributed by atoms with E-state index >= 15 is 0 Å². The van der Waals surface area contributed by atoms with Crippen LogP contribution in [0.25, 0.3) is 0 Å². The molecule has 1 amide bonds. The van der Waals surface area contributed by atoms with Crippen molar-refractivity contribution in [3.63, 3.8) is 0 Å². The van der Waals surface area contributed by atoms with E-state index in [4.69, 9.17) is 9.15 Å². The van der Waals surface area contributed by atoms with Crippen LogP contribution < -0.4 is 14.4 Å². The van der Waals surface area contributed by atoms with Gasteiger partial charge in [-0.15, -0.1) is 0 Å². The molecule has 1 N–H and O–H groups in total. The lowest BCUT2D eigenvalue weighted by atomic mass is 10.1. The monoisotopic (exact) mass is 428 g/mol. The van der Waals surface area contributed by atoms with E-state index in [2.05, 4.69) is 5.32 Å². The van der Waals surface area contributed by atoms with Crippen LogP contribution >= 0.6 is 0 Å². The molecule has 0 fully saturated rings. The highest BCUT2D eigenvalue weighted by molar-refractivity contribution is 7.92. The van der Waals surface area contributed by atoms with Gasteiger partial charge in [0.25, 0.3) is 15.9 Å². The lowest BCUT2D eigenvalue weighted by molar-refractivity contribution is 0.0939. The van der Waals surface area contributed by atoms with Gasteiger partial charge in [-0.2, -0.15) is 0 Å². The van der Waals surface area contributed by atoms with Crippen LogP contribution in [0.4, 0.5) is 5.69 Å². The molecule has 0 radical (unpaired) electrons. The van der Waals surface area contributed by atoms with Gasteiger partial charge in [0.2, 0.25) is 0 Å². The molecule has 0 spiro atoms. The number of hydrogen-bond acceptors (Lipinski definition) is 5. The van der Waals surface area contributed by atoms with Crippen molar-refractivity contribution in [1.29, 1.82) is 0 Å². The van der Waals surface area contributed by atoms with Gasteiger partial charge in [0.05, 0.1) is 24.0 Å². The van der Waals surface area contributed by atoms with Crippen molar-refractivity contribution in [2.45, 2.75) is 24.3 Å². The number of ether oxygens (including phenoxy) is 1. The fourth-order valence-corrected chi connectivity index (χ4v) is 4.22. The summed E-state index contributed by atoms with van der Waals surface area (Å²) in [6.45, 7) is 1.86. The summed E-state index contributed by atoms with van der Waals surface area (Å²) in [6, 6.07) is 16.1. The highest BCUT2D eigenvalue weighted by Crippen LogP contribution is 2.24. The zero-order valence-electron chi connectivity index (χ0n) is 17.0. The standard InChI is InChI=1S/C22H24N2O5S/c1-16(14-20-7-5-13-29-20)23-22(25)17-6-4-8-21(15-17)30(26,27)24(2)18-9-11-19(28-3)12-10-18/h4-13,15-16H,14H2,1-3H3,(H,23,25). The Morgan fingerprint density at radius 1 is 1.13 bits per heavy atom. The van der Waals surface area contributed by atoms with Crippen molar-refractivity contribution in [2.24, 2.45) is 0 Å². The normalized spacial score (nSPS) is 12.2. The van der Waals surface area contributed by atoms with E-state index in [0.29, 0.717) is 17.9 Å². The fraction of sp³-hybridized carbons (Fsp3) is 0.227. The molecule has 158 valence electrons. The van der Waals surface area contributed by atoms with E-state index in [1.54, 1.807) is 55.8 Å². The molecule has 1 unspecified atom stereocenters. The number of nitrogens with one attached hydrogen (secondary N) is 1. The van der Waals surface area contributed by atoms with Gasteiger partial charge in [-0.05, 0) is 61.5 Å². The number of methoxy groups -OCH3 is 1. The molecule has 2 aromatic carbocycles. The van der Waals surface area contributed by atoms with E-state index in [0.717, 1.165) is 5.76 Å². The number of nitrogens with zero attached hydrogens (tertiary/aromatic N) is 1. The zero-order chi connectivity index (χ0) is 21.7. The average molecular weight is 429 g/mol. The topological polar surface area (TPSA) is 88.8 Å². The molecule has 3 rings (SSSR count). The number of hydrogen-bond donors (Lipinski definition) is 1. The van der Waals surface area contributed by atoms with Crippen LogP contribution in [-0.4, -0.2) is 34.5 Å². The molecule has 8 heteroatoms. The summed E-state index contributed by atoms with van der Waals surface area (Å²) in [6.07, 6.45) is 2.12. The first-order valence-corrected chi connectivity index (χ1v) is 10.8. The fourth-order valence-electron chi connectivity index (χ4n) is 2.98. The first kappa shape index (κ1) is 21.4. The van der Waals surface area contributed by atoms with Gasteiger partial charge in [-0.25, -0.2) is 8.42 Å². The van der Waals surface area contributed by atoms with E-state index in [9.17, 15) is 13.2 Å². The molecular weight excluding hydrogens is 404 g/mol. The number of sulfonamides is 1. The highest BCUT2D eigenvalue weighted by atomic mass is 32.2. The Bertz CT molecular complexity index is 1090. The molecule has 7 nitrogen and oxygen atoms in total. The number of rotatable bonds is 8. The molecule has 0 aliphatic rings. The lowest BCUT2D eigenvalue weighted by Gasteiger charge is -2.20. The van der Waals surface area contributed by atoms with Crippen molar-refractivity contribution < 1.29 is 22.4 Å². The second kappa shape index (κ2) is 9.04. The maximum absolute atomic E-state index is 13.0. The predicted octanol–water partition coefficient (Wildman–Crippen LogP) is 3.47. The van der Waals surface area contributed by atoms with Gasteiger partial charge < -0.3 is 14.5 Å². The van der Waals surface area contributed by atoms with Crippen molar-refractivity contribution >= 4 is 21.6 Å². The zero-order valence-corrected chi connectivity index (χ0v) is 17.8. The van der Waals surface area contributed by atoms with Gasteiger partial charge in [0.1, 0.15) is 11.5 Å². The Kier molecular flexibility index (Phi) is 6.47. The molecule has 1 heterocycles. The van der Waals surface area contributed by atoms with Crippen LogP contribution in [0.3, 0.4) is 0 Å². The number of furan rings is 1. The summed E-state index contributed by atoms with van der Waals surface area (Å²) in [5, 5.41) is 2.87. The van der Waals surface area contributed by atoms with Gasteiger partial charge in [-0.1, -0.05) is 6.07 Å². The Morgan fingerprint density at radius 3 is 2.50 bits per heavy atom. The van der Waals surface area contributed by atoms with Crippen LogP contribution in [0.1, 0.15) is 23.0 Å². The molecule has 0 saturated heterocycles. The van der Waals surface area contributed by atoms with E-state index in [1.807, 2.05) is 13.0 Å². The minimum absolute atomic E-state index is 0.0344. The third-order valence-electron chi connectivity index (χ3n) is 4.66. The SMILES string of the molecule is COc1ccc(N(C)S(=O)(=O)c2cccc(C(=O)NC(C)Cc3ccco3)c2)cc1. The minimum atomic E-state index is -3.84. The Hall–Kier alpha value is -3.26. The van der Waals surface area contributed by atoms with Crippen molar-refractivity contribution in [3.05, 3.63) is 78.3 Å². The quantitative estimate of drug-likeness (QED) is 0.593. The summed E-state index contributed by atoms with van der Waals surface area (Å²) in [4.78, 5) is 12.6. The molecular formula is C22H24N2O5S. The average Bonchev–Trinajstić information content (AvgIpc) is 3.26. The molecule has 0 saturated carbocycles. The number of anilines is 1. The largest absolute Gasteiger partial charge is 0.497 e. The predicted molar refractivity (Wildman–Crippen MR) is 114 cm³/mol. The second-order valence-electron chi connectivity index (χ2n) is 6.86. The molecule has 30 heavy (non-hydrogen) atoms. The lowest BCUT2D eigenvalue weighted by Crippen LogP contribution is -2.34. The number of carbonyl (C=O) groups is 1. The van der Waals surface area contributed by atoms with Crippen molar-refractivity contribution in [2.75, 3.05) is 18.5 Å². The van der Waals surface area contributed by atoms with Crippen LogP contribution in [0.2, 0.25) is 0 Å². The van der Waals surface area contributed by atoms with Crippen LogP contribution in [0, 0.1) is 0 Å². The Balaban J connectivity index is 1.76. The number of benzene rings is 2. The van der Waals surface area contributed by atoms with Gasteiger partial charge >= 0.3 is 0 Å². The van der Waals surface area contributed by atoms with Crippen molar-refractivity contribution in [1.82, 2.24) is 5.32 Å². The molecule has 0 aliphatic heterocycles.